The lowest BCUT2D eigenvalue weighted by molar-refractivity contribution is -0.385. The topological polar surface area (TPSA) is 81.2 Å². The highest BCUT2D eigenvalue weighted by atomic mass is 79.9. The number of nitrogens with two attached hydrogens (primary N) is 1. The Bertz CT molecular complexity index is 644. The van der Waals surface area contributed by atoms with Crippen molar-refractivity contribution in [3.63, 3.8) is 0 Å². The Morgan fingerprint density at radius 3 is 2.68 bits per heavy atom. The minimum atomic E-state index is -0.398. The summed E-state index contributed by atoms with van der Waals surface area (Å²) in [7, 11) is 0. The van der Waals surface area contributed by atoms with Crippen LogP contribution < -0.4 is 11.1 Å². The van der Waals surface area contributed by atoms with Crippen LogP contribution in [0.1, 0.15) is 5.56 Å². The van der Waals surface area contributed by atoms with Crippen molar-refractivity contribution in [1.82, 2.24) is 0 Å². The number of nitrogens with one attached hydrogen (secondary N) is 1. The number of anilines is 3. The van der Waals surface area contributed by atoms with E-state index in [1.54, 1.807) is 25.1 Å². The van der Waals surface area contributed by atoms with Gasteiger partial charge in [0.2, 0.25) is 0 Å². The second-order valence-corrected chi connectivity index (χ2v) is 4.98. The third-order valence-corrected chi connectivity index (χ3v) is 3.30. The Morgan fingerprint density at radius 2 is 2.05 bits per heavy atom. The summed E-state index contributed by atoms with van der Waals surface area (Å²) >= 11 is 3.33. The second-order valence-electron chi connectivity index (χ2n) is 4.13. The van der Waals surface area contributed by atoms with Crippen LogP contribution >= 0.6 is 15.9 Å². The monoisotopic (exact) mass is 321 g/mol. The van der Waals surface area contributed by atoms with E-state index in [4.69, 9.17) is 5.73 Å². The van der Waals surface area contributed by atoms with E-state index in [0.717, 1.165) is 11.4 Å². The van der Waals surface area contributed by atoms with E-state index in [1.165, 1.54) is 6.07 Å². The van der Waals surface area contributed by atoms with Gasteiger partial charge in [-0.2, -0.15) is 0 Å². The number of halogens is 1. The number of rotatable bonds is 3. The molecule has 0 unspecified atom stereocenters. The van der Waals surface area contributed by atoms with Gasteiger partial charge in [-0.3, -0.25) is 10.1 Å². The summed E-state index contributed by atoms with van der Waals surface area (Å²) in [6.07, 6.45) is 0. The molecule has 19 heavy (non-hydrogen) atoms. The summed E-state index contributed by atoms with van der Waals surface area (Å²) in [5, 5.41) is 14.0. The highest BCUT2D eigenvalue weighted by Crippen LogP contribution is 2.32. The zero-order chi connectivity index (χ0) is 14.0. The number of nitro groups is 1. The molecule has 3 N–H and O–H groups in total. The smallest absolute Gasteiger partial charge is 0.273 e. The van der Waals surface area contributed by atoms with E-state index in [2.05, 4.69) is 21.2 Å². The zero-order valence-corrected chi connectivity index (χ0v) is 11.8. The molecule has 0 spiro atoms. The largest absolute Gasteiger partial charge is 0.399 e. The predicted molar refractivity (Wildman–Crippen MR) is 79.7 cm³/mol. The molecule has 0 fully saturated rings. The van der Waals surface area contributed by atoms with Gasteiger partial charge < -0.3 is 11.1 Å². The van der Waals surface area contributed by atoms with Crippen LogP contribution in [0.3, 0.4) is 0 Å². The minimum absolute atomic E-state index is 0.0880. The van der Waals surface area contributed by atoms with Crippen molar-refractivity contribution >= 4 is 38.7 Å². The van der Waals surface area contributed by atoms with Gasteiger partial charge in [0.05, 0.1) is 10.6 Å². The predicted octanol–water partition coefficient (Wildman–Crippen LogP) is 3.99. The fourth-order valence-electron chi connectivity index (χ4n) is 1.74. The molecule has 0 aliphatic carbocycles. The van der Waals surface area contributed by atoms with Crippen LogP contribution in [0.25, 0.3) is 0 Å². The molecule has 0 heterocycles. The van der Waals surface area contributed by atoms with E-state index < -0.39 is 4.92 Å². The maximum atomic E-state index is 10.8. The number of nitrogens with zero attached hydrogens (tertiary/aromatic N) is 1. The summed E-state index contributed by atoms with van der Waals surface area (Å²) < 4.78 is 0.632. The van der Waals surface area contributed by atoms with Gasteiger partial charge in [-0.05, 0) is 47.1 Å². The van der Waals surface area contributed by atoms with Crippen LogP contribution in [-0.2, 0) is 0 Å². The van der Waals surface area contributed by atoms with E-state index in [1.807, 2.05) is 12.1 Å². The molecule has 0 saturated carbocycles. The molecule has 0 bridgehead atoms. The average Bonchev–Trinajstić information content (AvgIpc) is 2.33. The van der Waals surface area contributed by atoms with Gasteiger partial charge in [-0.1, -0.05) is 6.07 Å². The van der Waals surface area contributed by atoms with Crippen LogP contribution in [0.15, 0.2) is 40.9 Å². The lowest BCUT2D eigenvalue weighted by Crippen LogP contribution is -1.97. The first kappa shape index (κ1) is 13.4. The highest BCUT2D eigenvalue weighted by molar-refractivity contribution is 9.10. The van der Waals surface area contributed by atoms with Crippen molar-refractivity contribution in [1.29, 1.82) is 0 Å². The van der Waals surface area contributed by atoms with Crippen molar-refractivity contribution in [2.24, 2.45) is 0 Å². The van der Waals surface area contributed by atoms with E-state index >= 15 is 0 Å². The summed E-state index contributed by atoms with van der Waals surface area (Å²) in [6, 6.07) is 10.5. The Balaban J connectivity index is 2.36. The van der Waals surface area contributed by atoms with Crippen molar-refractivity contribution in [3.8, 4) is 0 Å². The Labute approximate surface area is 118 Å². The van der Waals surface area contributed by atoms with E-state index in [9.17, 15) is 10.1 Å². The molecule has 98 valence electrons. The molecule has 2 aromatic rings. The molecule has 0 aliphatic heterocycles. The summed E-state index contributed by atoms with van der Waals surface area (Å²) in [6.45, 7) is 1.70. The second kappa shape index (κ2) is 5.27. The molecule has 5 nitrogen and oxygen atoms in total. The molecule has 0 aromatic heterocycles. The molecular formula is C13H12BrN3O2. The first-order valence-electron chi connectivity index (χ1n) is 5.54. The number of nitrogen functional groups attached to an aromatic ring is 1. The molecule has 0 amide bonds. The lowest BCUT2D eigenvalue weighted by atomic mass is 10.1. The molecule has 0 saturated heterocycles. The molecule has 0 radical (unpaired) electrons. The average molecular weight is 322 g/mol. The molecule has 6 heteroatoms. The van der Waals surface area contributed by atoms with Gasteiger partial charge in [0.25, 0.3) is 5.69 Å². The van der Waals surface area contributed by atoms with Crippen molar-refractivity contribution in [3.05, 3.63) is 56.5 Å². The summed E-state index contributed by atoms with van der Waals surface area (Å²) in [5.74, 6) is 0. The Hall–Kier alpha value is -2.08. The normalized spacial score (nSPS) is 10.2. The number of aryl methyl sites for hydroxylation is 1. The third-order valence-electron chi connectivity index (χ3n) is 2.65. The van der Waals surface area contributed by atoms with Gasteiger partial charge in [0.15, 0.2) is 0 Å². The number of hydrogen-bond acceptors (Lipinski definition) is 4. The summed E-state index contributed by atoms with van der Waals surface area (Å²) in [4.78, 5) is 10.4. The fourth-order valence-corrected chi connectivity index (χ4v) is 2.17. The van der Waals surface area contributed by atoms with Gasteiger partial charge in [-0.15, -0.1) is 0 Å². The van der Waals surface area contributed by atoms with Crippen molar-refractivity contribution in [2.45, 2.75) is 6.92 Å². The minimum Gasteiger partial charge on any atom is -0.399 e. The first-order chi connectivity index (χ1) is 8.97. The van der Waals surface area contributed by atoms with Crippen molar-refractivity contribution in [2.75, 3.05) is 11.1 Å². The first-order valence-corrected chi connectivity index (χ1v) is 6.34. The number of benzene rings is 2. The van der Waals surface area contributed by atoms with E-state index in [-0.39, 0.29) is 5.69 Å². The number of nitro benzene ring substituents is 1. The lowest BCUT2D eigenvalue weighted by Gasteiger charge is -2.10. The van der Waals surface area contributed by atoms with Gasteiger partial charge in [0, 0.05) is 27.5 Å². The highest BCUT2D eigenvalue weighted by Gasteiger charge is 2.14. The van der Waals surface area contributed by atoms with Crippen LogP contribution in [-0.4, -0.2) is 4.92 Å². The summed E-state index contributed by atoms with van der Waals surface area (Å²) in [5.41, 5.74) is 8.63. The molecular weight excluding hydrogens is 310 g/mol. The van der Waals surface area contributed by atoms with Crippen LogP contribution in [0.2, 0.25) is 0 Å². The van der Waals surface area contributed by atoms with Crippen LogP contribution in [0.5, 0.6) is 0 Å². The molecule has 0 aliphatic rings. The number of hydrogen-bond donors (Lipinski definition) is 2. The zero-order valence-electron chi connectivity index (χ0n) is 10.2. The quantitative estimate of drug-likeness (QED) is 0.508. The fraction of sp³-hybridized carbons (Fsp3) is 0.0769. The molecule has 2 rings (SSSR count). The maximum Gasteiger partial charge on any atom is 0.273 e. The Kier molecular flexibility index (Phi) is 3.71. The maximum absolute atomic E-state index is 10.8. The van der Waals surface area contributed by atoms with Gasteiger partial charge in [-0.25, -0.2) is 0 Å². The van der Waals surface area contributed by atoms with Crippen LogP contribution in [0, 0.1) is 17.0 Å². The standard InChI is InChI=1S/C13H12BrN3O2/c1-8-5-12(11(14)7-13(8)17(18)19)16-10-4-2-3-9(15)6-10/h2-7,16H,15H2,1H3. The van der Waals surface area contributed by atoms with Crippen LogP contribution in [0.4, 0.5) is 22.7 Å². The molecule has 0 atom stereocenters. The molecule has 2 aromatic carbocycles. The van der Waals surface area contributed by atoms with Crippen molar-refractivity contribution < 1.29 is 4.92 Å². The third kappa shape index (κ3) is 3.03. The Morgan fingerprint density at radius 1 is 1.32 bits per heavy atom. The van der Waals surface area contributed by atoms with Gasteiger partial charge >= 0.3 is 0 Å². The SMILES string of the molecule is Cc1cc(Nc2cccc(N)c2)c(Br)cc1[N+](=O)[O-]. The van der Waals surface area contributed by atoms with Gasteiger partial charge in [0.1, 0.15) is 0 Å². The van der Waals surface area contributed by atoms with E-state index in [0.29, 0.717) is 15.7 Å².